The quantitative estimate of drug-likeness (QED) is 0.750. The molecule has 1 unspecified atom stereocenters. The summed E-state index contributed by atoms with van der Waals surface area (Å²) in [6.45, 7) is 3.44. The van der Waals surface area contributed by atoms with Crippen LogP contribution in [0.5, 0.6) is 0 Å². The number of benzene rings is 1. The van der Waals surface area contributed by atoms with Crippen molar-refractivity contribution >= 4 is 27.8 Å². The molecule has 1 fully saturated rings. The first-order valence-corrected chi connectivity index (χ1v) is 8.58. The summed E-state index contributed by atoms with van der Waals surface area (Å²) in [5.41, 5.74) is 1.14. The van der Waals surface area contributed by atoms with Crippen molar-refractivity contribution in [2.24, 2.45) is 5.92 Å². The Bertz CT molecular complexity index is 532. The van der Waals surface area contributed by atoms with E-state index in [-0.39, 0.29) is 17.8 Å². The maximum atomic E-state index is 12.3. The second kappa shape index (κ2) is 8.32. The predicted octanol–water partition coefficient (Wildman–Crippen LogP) is 3.18. The number of likely N-dealkylation sites (tertiary alicyclic amines) is 1. The summed E-state index contributed by atoms with van der Waals surface area (Å²) in [5.74, 6) is -0.218. The number of hydrogen-bond donors (Lipinski definition) is 0. The van der Waals surface area contributed by atoms with Crippen LogP contribution in [0.3, 0.4) is 0 Å². The number of rotatable bonds is 5. The monoisotopic (exact) mass is 367 g/mol. The number of ether oxygens (including phenoxy) is 1. The van der Waals surface area contributed by atoms with E-state index in [2.05, 4.69) is 15.9 Å². The van der Waals surface area contributed by atoms with Crippen molar-refractivity contribution in [2.75, 3.05) is 19.7 Å². The number of amides is 1. The van der Waals surface area contributed by atoms with Crippen molar-refractivity contribution < 1.29 is 14.3 Å². The minimum absolute atomic E-state index is 0.119. The highest BCUT2D eigenvalue weighted by Crippen LogP contribution is 2.19. The van der Waals surface area contributed by atoms with Crippen molar-refractivity contribution in [3.63, 3.8) is 0 Å². The van der Waals surface area contributed by atoms with Gasteiger partial charge in [-0.2, -0.15) is 0 Å². The van der Waals surface area contributed by atoms with E-state index < -0.39 is 0 Å². The number of aryl methyl sites for hydroxylation is 1. The van der Waals surface area contributed by atoms with Crippen LogP contribution in [-0.2, 0) is 20.7 Å². The molecule has 1 amide bonds. The van der Waals surface area contributed by atoms with Crippen molar-refractivity contribution in [3.8, 4) is 0 Å². The standard InChI is InChI=1S/C17H22BrNO3/c1-2-22-17(21)14-6-4-10-19(12-14)16(20)9-8-13-5-3-7-15(18)11-13/h3,5,7,11,14H,2,4,6,8-10,12H2,1H3. The Morgan fingerprint density at radius 1 is 1.41 bits per heavy atom. The third-order valence-electron chi connectivity index (χ3n) is 3.91. The van der Waals surface area contributed by atoms with Crippen molar-refractivity contribution in [1.82, 2.24) is 4.90 Å². The highest BCUT2D eigenvalue weighted by atomic mass is 79.9. The lowest BCUT2D eigenvalue weighted by Crippen LogP contribution is -2.42. The Balaban J connectivity index is 1.85. The van der Waals surface area contributed by atoms with Crippen molar-refractivity contribution in [3.05, 3.63) is 34.3 Å². The Hall–Kier alpha value is -1.36. The Morgan fingerprint density at radius 2 is 2.23 bits per heavy atom. The fourth-order valence-corrected chi connectivity index (χ4v) is 3.20. The molecule has 1 aliphatic heterocycles. The summed E-state index contributed by atoms with van der Waals surface area (Å²) in [5, 5.41) is 0. The molecule has 1 aromatic carbocycles. The lowest BCUT2D eigenvalue weighted by molar-refractivity contribution is -0.151. The van der Waals surface area contributed by atoms with Crippen molar-refractivity contribution in [2.45, 2.75) is 32.6 Å². The van der Waals surface area contributed by atoms with Gasteiger partial charge in [-0.05, 0) is 43.9 Å². The van der Waals surface area contributed by atoms with Gasteiger partial charge in [-0.3, -0.25) is 9.59 Å². The summed E-state index contributed by atoms with van der Waals surface area (Å²) in [6, 6.07) is 8.00. The molecule has 1 aliphatic rings. The Kier molecular flexibility index (Phi) is 6.43. The maximum absolute atomic E-state index is 12.3. The molecule has 0 radical (unpaired) electrons. The Morgan fingerprint density at radius 3 is 2.95 bits per heavy atom. The van der Waals surface area contributed by atoms with Gasteiger partial charge in [0, 0.05) is 24.0 Å². The van der Waals surface area contributed by atoms with Gasteiger partial charge in [0.05, 0.1) is 12.5 Å². The first-order chi connectivity index (χ1) is 10.6. The van der Waals surface area contributed by atoms with E-state index in [1.165, 1.54) is 0 Å². The topological polar surface area (TPSA) is 46.6 Å². The molecule has 2 rings (SSSR count). The lowest BCUT2D eigenvalue weighted by Gasteiger charge is -2.31. The van der Waals surface area contributed by atoms with Crippen molar-refractivity contribution in [1.29, 1.82) is 0 Å². The molecule has 22 heavy (non-hydrogen) atoms. The van der Waals surface area contributed by atoms with E-state index in [1.54, 1.807) is 0 Å². The van der Waals surface area contributed by atoms with Crippen LogP contribution < -0.4 is 0 Å². The molecule has 1 aromatic rings. The molecule has 0 N–H and O–H groups in total. The number of carbonyl (C=O) groups is 2. The number of halogens is 1. The molecule has 0 bridgehead atoms. The zero-order valence-corrected chi connectivity index (χ0v) is 14.5. The van der Waals surface area contributed by atoms with E-state index in [0.717, 1.165) is 35.8 Å². The average Bonchev–Trinajstić information content (AvgIpc) is 2.53. The maximum Gasteiger partial charge on any atom is 0.310 e. The van der Waals surface area contributed by atoms with Gasteiger partial charge in [0.1, 0.15) is 0 Å². The number of nitrogens with zero attached hydrogens (tertiary/aromatic N) is 1. The first kappa shape index (κ1) is 17.0. The molecule has 0 spiro atoms. The van der Waals surface area contributed by atoms with Gasteiger partial charge in [0.15, 0.2) is 0 Å². The van der Waals surface area contributed by atoms with Crippen LogP contribution in [-0.4, -0.2) is 36.5 Å². The van der Waals surface area contributed by atoms with Gasteiger partial charge in [-0.25, -0.2) is 0 Å². The van der Waals surface area contributed by atoms with Gasteiger partial charge in [0.2, 0.25) is 5.91 Å². The zero-order valence-electron chi connectivity index (χ0n) is 12.9. The minimum atomic E-state index is -0.174. The summed E-state index contributed by atoms with van der Waals surface area (Å²) in [4.78, 5) is 26.0. The molecule has 0 saturated carbocycles. The summed E-state index contributed by atoms with van der Waals surface area (Å²) < 4.78 is 6.10. The molecule has 120 valence electrons. The number of hydrogen-bond acceptors (Lipinski definition) is 3. The molecule has 0 aromatic heterocycles. The van der Waals surface area contributed by atoms with Gasteiger partial charge in [-0.1, -0.05) is 28.1 Å². The number of carbonyl (C=O) groups excluding carboxylic acids is 2. The van der Waals surface area contributed by atoms with Gasteiger partial charge in [-0.15, -0.1) is 0 Å². The largest absolute Gasteiger partial charge is 0.466 e. The summed E-state index contributed by atoms with van der Waals surface area (Å²) >= 11 is 3.44. The fourth-order valence-electron chi connectivity index (χ4n) is 2.76. The predicted molar refractivity (Wildman–Crippen MR) is 88.4 cm³/mol. The first-order valence-electron chi connectivity index (χ1n) is 7.79. The molecule has 4 nitrogen and oxygen atoms in total. The third-order valence-corrected chi connectivity index (χ3v) is 4.40. The lowest BCUT2D eigenvalue weighted by atomic mass is 9.97. The van der Waals surface area contributed by atoms with Gasteiger partial charge < -0.3 is 9.64 Å². The summed E-state index contributed by atoms with van der Waals surface area (Å²) in [7, 11) is 0. The molecular weight excluding hydrogens is 346 g/mol. The zero-order chi connectivity index (χ0) is 15.9. The summed E-state index contributed by atoms with van der Waals surface area (Å²) in [6.07, 6.45) is 2.88. The molecule has 0 aliphatic carbocycles. The van der Waals surface area contributed by atoms with Crippen LogP contribution in [0.15, 0.2) is 28.7 Å². The van der Waals surface area contributed by atoms with Gasteiger partial charge in [0.25, 0.3) is 0 Å². The second-order valence-corrected chi connectivity index (χ2v) is 6.48. The highest BCUT2D eigenvalue weighted by molar-refractivity contribution is 9.10. The average molecular weight is 368 g/mol. The molecule has 1 heterocycles. The fraction of sp³-hybridized carbons (Fsp3) is 0.529. The van der Waals surface area contributed by atoms with E-state index in [4.69, 9.17) is 4.74 Å². The Labute approximate surface area is 140 Å². The van der Waals surface area contributed by atoms with Crippen LogP contribution >= 0.6 is 15.9 Å². The van der Waals surface area contributed by atoms with E-state index in [1.807, 2.05) is 36.1 Å². The van der Waals surface area contributed by atoms with Gasteiger partial charge >= 0.3 is 5.97 Å². The second-order valence-electron chi connectivity index (χ2n) is 5.56. The van der Waals surface area contributed by atoms with Crippen LogP contribution in [0.1, 0.15) is 31.7 Å². The molecular formula is C17H22BrNO3. The smallest absolute Gasteiger partial charge is 0.310 e. The van der Waals surface area contributed by atoms with Crippen LogP contribution in [0, 0.1) is 5.92 Å². The van der Waals surface area contributed by atoms with Crippen LogP contribution in [0.25, 0.3) is 0 Å². The van der Waals surface area contributed by atoms with E-state index in [0.29, 0.717) is 19.6 Å². The third kappa shape index (κ3) is 4.83. The SMILES string of the molecule is CCOC(=O)C1CCCN(C(=O)CCc2cccc(Br)c2)C1. The van der Waals surface area contributed by atoms with Crippen LogP contribution in [0.2, 0.25) is 0 Å². The van der Waals surface area contributed by atoms with Crippen LogP contribution in [0.4, 0.5) is 0 Å². The van der Waals surface area contributed by atoms with E-state index in [9.17, 15) is 9.59 Å². The van der Waals surface area contributed by atoms with E-state index >= 15 is 0 Å². The molecule has 5 heteroatoms. The number of esters is 1. The molecule has 1 saturated heterocycles. The normalized spacial score (nSPS) is 18.1. The number of piperidine rings is 1. The minimum Gasteiger partial charge on any atom is -0.466 e. The molecule has 1 atom stereocenters. The highest BCUT2D eigenvalue weighted by Gasteiger charge is 2.28.